The van der Waals surface area contributed by atoms with Crippen molar-refractivity contribution in [3.8, 4) is 5.82 Å². The van der Waals surface area contributed by atoms with Crippen LogP contribution in [0.25, 0.3) is 5.82 Å². The van der Waals surface area contributed by atoms with E-state index in [2.05, 4.69) is 25.2 Å². The fraction of sp³-hybridized carbons (Fsp3) is 0.300. The smallest absolute Gasteiger partial charge is 0.321 e. The summed E-state index contributed by atoms with van der Waals surface area (Å²) in [5.74, 6) is -0.449. The van der Waals surface area contributed by atoms with E-state index in [4.69, 9.17) is 0 Å². The Bertz CT molecular complexity index is 1080. The maximum Gasteiger partial charge on any atom is 0.321 e. The Balaban J connectivity index is 1.39. The van der Waals surface area contributed by atoms with Gasteiger partial charge in [-0.05, 0) is 26.0 Å². The summed E-state index contributed by atoms with van der Waals surface area (Å²) in [4.78, 5) is 29.1. The monoisotopic (exact) mass is 413 g/mol. The number of nitrogens with one attached hydrogen (secondary N) is 1. The summed E-state index contributed by atoms with van der Waals surface area (Å²) in [5.41, 5.74) is 2.17. The van der Waals surface area contributed by atoms with Gasteiger partial charge in [0.05, 0.1) is 5.69 Å². The van der Waals surface area contributed by atoms with E-state index in [0.29, 0.717) is 26.2 Å². The van der Waals surface area contributed by atoms with Crippen molar-refractivity contribution in [2.45, 2.75) is 13.8 Å². The number of benzene rings is 1. The number of halogens is 2. The van der Waals surface area contributed by atoms with Gasteiger partial charge in [0, 0.05) is 49.7 Å². The summed E-state index contributed by atoms with van der Waals surface area (Å²) >= 11 is 0. The van der Waals surface area contributed by atoms with E-state index < -0.39 is 11.6 Å². The summed E-state index contributed by atoms with van der Waals surface area (Å²) < 4.78 is 28.3. The molecule has 1 fully saturated rings. The number of piperazine rings is 1. The van der Waals surface area contributed by atoms with Gasteiger partial charge in [-0.25, -0.2) is 28.5 Å². The molecule has 0 saturated carbocycles. The molecule has 1 aliphatic rings. The third kappa shape index (κ3) is 3.93. The molecular weight excluding hydrogens is 392 g/mol. The molecule has 3 aromatic rings. The summed E-state index contributed by atoms with van der Waals surface area (Å²) in [5, 5.41) is 2.60. The maximum atomic E-state index is 13.3. The van der Waals surface area contributed by atoms with E-state index in [0.717, 1.165) is 35.2 Å². The van der Waals surface area contributed by atoms with E-state index in [1.807, 2.05) is 24.5 Å². The third-order valence-electron chi connectivity index (χ3n) is 5.20. The van der Waals surface area contributed by atoms with Crippen molar-refractivity contribution in [3.63, 3.8) is 0 Å². The lowest BCUT2D eigenvalue weighted by Gasteiger charge is -2.35. The van der Waals surface area contributed by atoms with Crippen LogP contribution >= 0.6 is 0 Å². The number of hydrogen-bond acceptors (Lipinski definition) is 5. The first-order valence-corrected chi connectivity index (χ1v) is 9.51. The van der Waals surface area contributed by atoms with Crippen LogP contribution in [0.3, 0.4) is 0 Å². The molecule has 1 aromatic carbocycles. The Kier molecular flexibility index (Phi) is 5.30. The molecule has 0 spiro atoms. The predicted molar refractivity (Wildman–Crippen MR) is 108 cm³/mol. The maximum absolute atomic E-state index is 13.3. The van der Waals surface area contributed by atoms with E-state index in [1.54, 1.807) is 11.2 Å². The largest absolute Gasteiger partial charge is 0.353 e. The molecule has 4 rings (SSSR count). The van der Waals surface area contributed by atoms with E-state index >= 15 is 0 Å². The second-order valence-electron chi connectivity index (χ2n) is 7.05. The van der Waals surface area contributed by atoms with E-state index in [9.17, 15) is 13.6 Å². The van der Waals surface area contributed by atoms with Crippen LogP contribution in [0.5, 0.6) is 0 Å². The highest BCUT2D eigenvalue weighted by molar-refractivity contribution is 5.89. The number of imidazole rings is 1. The van der Waals surface area contributed by atoms with Crippen LogP contribution in [0, 0.1) is 25.5 Å². The number of anilines is 2. The van der Waals surface area contributed by atoms with Gasteiger partial charge in [0.25, 0.3) is 0 Å². The number of nitrogens with zero attached hydrogens (tertiary/aromatic N) is 6. The quantitative estimate of drug-likeness (QED) is 0.714. The predicted octanol–water partition coefficient (Wildman–Crippen LogP) is 2.91. The van der Waals surface area contributed by atoms with E-state index in [1.165, 1.54) is 12.4 Å². The van der Waals surface area contributed by atoms with Crippen LogP contribution in [-0.2, 0) is 0 Å². The molecule has 10 heteroatoms. The Morgan fingerprint density at radius 2 is 1.70 bits per heavy atom. The number of carbonyl (C=O) groups is 1. The third-order valence-corrected chi connectivity index (χ3v) is 5.20. The average Bonchev–Trinajstić information content (AvgIpc) is 3.09. The number of hydrogen-bond donors (Lipinski definition) is 1. The Morgan fingerprint density at radius 3 is 2.37 bits per heavy atom. The average molecular weight is 413 g/mol. The fourth-order valence-electron chi connectivity index (χ4n) is 3.29. The standard InChI is InChI=1S/C20H21F2N7O/c1-13-14(2)29(12-25-13)19-10-18(23-11-24-19)27-5-7-28(8-6-27)20(30)26-15-3-4-16(21)17(22)9-15/h3-4,9-12H,5-8H2,1-2H3,(H,26,30). The molecule has 0 radical (unpaired) electrons. The first-order chi connectivity index (χ1) is 14.4. The zero-order valence-electron chi connectivity index (χ0n) is 16.6. The summed E-state index contributed by atoms with van der Waals surface area (Å²) in [6.45, 7) is 6.04. The highest BCUT2D eigenvalue weighted by atomic mass is 19.2. The number of amides is 2. The topological polar surface area (TPSA) is 79.2 Å². The second-order valence-corrected chi connectivity index (χ2v) is 7.05. The molecule has 0 aliphatic carbocycles. The number of aryl methyl sites for hydroxylation is 1. The van der Waals surface area contributed by atoms with Crippen LogP contribution < -0.4 is 10.2 Å². The van der Waals surface area contributed by atoms with Crippen LogP contribution in [0.4, 0.5) is 25.1 Å². The van der Waals surface area contributed by atoms with Crippen LogP contribution in [0.15, 0.2) is 36.9 Å². The minimum atomic E-state index is -1.000. The first kappa shape index (κ1) is 19.7. The number of aromatic nitrogens is 4. The lowest BCUT2D eigenvalue weighted by Crippen LogP contribution is -2.50. The molecule has 1 N–H and O–H groups in total. The Morgan fingerprint density at radius 1 is 0.967 bits per heavy atom. The molecule has 1 aliphatic heterocycles. The molecule has 1 saturated heterocycles. The van der Waals surface area contributed by atoms with Crippen LogP contribution in [0.1, 0.15) is 11.4 Å². The SMILES string of the molecule is Cc1ncn(-c2cc(N3CCN(C(=O)Nc4ccc(F)c(F)c4)CC3)ncn2)c1C. The fourth-order valence-corrected chi connectivity index (χ4v) is 3.29. The van der Waals surface area contributed by atoms with Gasteiger partial charge in [0.15, 0.2) is 11.6 Å². The summed E-state index contributed by atoms with van der Waals surface area (Å²) in [6.07, 6.45) is 3.25. The summed E-state index contributed by atoms with van der Waals surface area (Å²) in [6, 6.07) is 4.82. The lowest BCUT2D eigenvalue weighted by atomic mass is 10.3. The normalized spacial score (nSPS) is 14.1. The minimum absolute atomic E-state index is 0.216. The van der Waals surface area contributed by atoms with Crippen molar-refractivity contribution in [2.24, 2.45) is 0 Å². The highest BCUT2D eigenvalue weighted by Gasteiger charge is 2.23. The molecular formula is C20H21F2N7O. The molecule has 0 unspecified atom stereocenters. The zero-order chi connectivity index (χ0) is 21.3. The van der Waals surface area contributed by atoms with Gasteiger partial charge < -0.3 is 15.1 Å². The van der Waals surface area contributed by atoms with Gasteiger partial charge >= 0.3 is 6.03 Å². The Hall–Kier alpha value is -3.56. The first-order valence-electron chi connectivity index (χ1n) is 9.51. The minimum Gasteiger partial charge on any atom is -0.353 e. The molecule has 0 bridgehead atoms. The van der Waals surface area contributed by atoms with Gasteiger partial charge in [-0.2, -0.15) is 0 Å². The van der Waals surface area contributed by atoms with Gasteiger partial charge in [-0.3, -0.25) is 4.57 Å². The van der Waals surface area contributed by atoms with Crippen molar-refractivity contribution >= 4 is 17.5 Å². The number of rotatable bonds is 3. The van der Waals surface area contributed by atoms with Gasteiger partial charge in [-0.1, -0.05) is 0 Å². The van der Waals surface area contributed by atoms with Crippen molar-refractivity contribution in [3.05, 3.63) is 59.9 Å². The van der Waals surface area contributed by atoms with Crippen molar-refractivity contribution in [1.29, 1.82) is 0 Å². The molecule has 30 heavy (non-hydrogen) atoms. The van der Waals surface area contributed by atoms with Crippen LogP contribution in [-0.4, -0.2) is 56.6 Å². The zero-order valence-corrected chi connectivity index (χ0v) is 16.6. The molecule has 2 amide bonds. The summed E-state index contributed by atoms with van der Waals surface area (Å²) in [7, 11) is 0. The number of carbonyl (C=O) groups excluding carboxylic acids is 1. The van der Waals surface area contributed by atoms with Crippen LogP contribution in [0.2, 0.25) is 0 Å². The molecule has 3 heterocycles. The second kappa shape index (κ2) is 8.05. The van der Waals surface area contributed by atoms with Crippen molar-refractivity contribution in [1.82, 2.24) is 24.4 Å². The Labute approximate surface area is 172 Å². The van der Waals surface area contributed by atoms with Gasteiger partial charge in [0.1, 0.15) is 24.3 Å². The molecule has 2 aromatic heterocycles. The lowest BCUT2D eigenvalue weighted by molar-refractivity contribution is 0.208. The molecule has 156 valence electrons. The molecule has 0 atom stereocenters. The molecule has 8 nitrogen and oxygen atoms in total. The van der Waals surface area contributed by atoms with E-state index in [-0.39, 0.29) is 11.7 Å². The van der Waals surface area contributed by atoms with Gasteiger partial charge in [-0.15, -0.1) is 0 Å². The number of urea groups is 1. The highest BCUT2D eigenvalue weighted by Crippen LogP contribution is 2.19. The van der Waals surface area contributed by atoms with Gasteiger partial charge in [0.2, 0.25) is 0 Å². The van der Waals surface area contributed by atoms with Crippen molar-refractivity contribution < 1.29 is 13.6 Å². The van der Waals surface area contributed by atoms with Crippen molar-refractivity contribution in [2.75, 3.05) is 36.4 Å².